The van der Waals surface area contributed by atoms with Crippen LogP contribution in [0.25, 0.3) is 0 Å². The van der Waals surface area contributed by atoms with E-state index in [9.17, 15) is 4.79 Å². The number of H-pyrrole nitrogens is 1. The van der Waals surface area contributed by atoms with Crippen molar-refractivity contribution >= 4 is 11.8 Å². The molecule has 0 aliphatic rings. The summed E-state index contributed by atoms with van der Waals surface area (Å²) in [7, 11) is 0. The number of aliphatic hydroxyl groups is 1. The molecule has 80 valence electrons. The van der Waals surface area contributed by atoms with Crippen LogP contribution in [0.5, 0.6) is 0 Å². The van der Waals surface area contributed by atoms with E-state index >= 15 is 0 Å². The Kier molecular flexibility index (Phi) is 4.21. The number of aliphatic hydroxyl groups excluding tert-OH is 1. The summed E-state index contributed by atoms with van der Waals surface area (Å²) >= 11 is 1.39. The molecule has 0 bridgehead atoms. The Morgan fingerprint density at radius 1 is 1.71 bits per heavy atom. The third kappa shape index (κ3) is 2.88. The number of aromatic amines is 1. The zero-order valence-electron chi connectivity index (χ0n) is 8.36. The molecule has 14 heavy (non-hydrogen) atoms. The van der Waals surface area contributed by atoms with E-state index in [1.54, 1.807) is 11.5 Å². The summed E-state index contributed by atoms with van der Waals surface area (Å²) in [6.07, 6.45) is 0.503. The monoisotopic (exact) mass is 217 g/mol. The molecule has 6 heteroatoms. The summed E-state index contributed by atoms with van der Waals surface area (Å²) in [4.78, 5) is 11.2. The number of hydrogen-bond acceptors (Lipinski definition) is 4. The van der Waals surface area contributed by atoms with Gasteiger partial charge < -0.3 is 5.11 Å². The number of rotatable bonds is 5. The molecule has 0 fully saturated rings. The van der Waals surface area contributed by atoms with Crippen LogP contribution in [-0.2, 0) is 6.54 Å². The fourth-order valence-corrected chi connectivity index (χ4v) is 1.86. The van der Waals surface area contributed by atoms with Crippen molar-refractivity contribution in [1.82, 2.24) is 14.8 Å². The minimum Gasteiger partial charge on any atom is -0.393 e. The first-order valence-electron chi connectivity index (χ1n) is 4.61. The zero-order valence-corrected chi connectivity index (χ0v) is 9.17. The second-order valence-electron chi connectivity index (χ2n) is 3.12. The van der Waals surface area contributed by atoms with E-state index < -0.39 is 0 Å². The van der Waals surface area contributed by atoms with Gasteiger partial charge in [0, 0.05) is 12.3 Å². The Bertz CT molecular complexity index is 332. The summed E-state index contributed by atoms with van der Waals surface area (Å²) < 4.78 is 1.59. The topological polar surface area (TPSA) is 70.9 Å². The van der Waals surface area contributed by atoms with Gasteiger partial charge in [0.2, 0.25) is 0 Å². The molecule has 1 aromatic heterocycles. The molecule has 0 unspecified atom stereocenters. The van der Waals surface area contributed by atoms with E-state index in [-0.39, 0.29) is 11.8 Å². The van der Waals surface area contributed by atoms with Crippen molar-refractivity contribution in [3.05, 3.63) is 10.5 Å². The second-order valence-corrected chi connectivity index (χ2v) is 4.11. The molecule has 5 nitrogen and oxygen atoms in total. The van der Waals surface area contributed by atoms with Crippen LogP contribution in [0.15, 0.2) is 9.95 Å². The lowest BCUT2D eigenvalue weighted by Gasteiger charge is -2.04. The number of thioether (sulfide) groups is 1. The first kappa shape index (κ1) is 11.3. The van der Waals surface area contributed by atoms with E-state index in [1.807, 2.05) is 6.92 Å². The van der Waals surface area contributed by atoms with Crippen molar-refractivity contribution in [1.29, 1.82) is 0 Å². The molecular formula is C8H15N3O2S. The standard InChI is InChI=1S/C8H15N3O2S/c1-3-4-11-7(13)9-10-8(11)14-5-6(2)12/h6,12H,3-5H2,1-2H3,(H,9,13)/t6-/m0/s1. The highest BCUT2D eigenvalue weighted by molar-refractivity contribution is 7.99. The lowest BCUT2D eigenvalue weighted by molar-refractivity contribution is 0.220. The third-order valence-electron chi connectivity index (χ3n) is 1.62. The molecule has 0 aromatic carbocycles. The van der Waals surface area contributed by atoms with E-state index in [0.717, 1.165) is 6.42 Å². The van der Waals surface area contributed by atoms with Gasteiger partial charge in [-0.3, -0.25) is 4.57 Å². The first-order chi connectivity index (χ1) is 6.65. The van der Waals surface area contributed by atoms with Gasteiger partial charge in [-0.25, -0.2) is 9.89 Å². The zero-order chi connectivity index (χ0) is 10.6. The predicted molar refractivity (Wildman–Crippen MR) is 55.5 cm³/mol. The molecule has 2 N–H and O–H groups in total. The lowest BCUT2D eigenvalue weighted by Crippen LogP contribution is -2.17. The molecule has 0 radical (unpaired) electrons. The van der Waals surface area contributed by atoms with E-state index in [1.165, 1.54) is 11.8 Å². The van der Waals surface area contributed by atoms with Gasteiger partial charge in [-0.1, -0.05) is 18.7 Å². The van der Waals surface area contributed by atoms with Crippen LogP contribution >= 0.6 is 11.8 Å². The summed E-state index contributed by atoms with van der Waals surface area (Å²) in [5.74, 6) is 0.550. The Hall–Kier alpha value is -0.750. The van der Waals surface area contributed by atoms with Crippen molar-refractivity contribution in [2.75, 3.05) is 5.75 Å². The van der Waals surface area contributed by atoms with Gasteiger partial charge in [0.25, 0.3) is 0 Å². The van der Waals surface area contributed by atoms with Crippen LogP contribution in [0.2, 0.25) is 0 Å². The summed E-state index contributed by atoms with van der Waals surface area (Å²) in [6, 6.07) is 0. The van der Waals surface area contributed by atoms with Crippen LogP contribution in [0.3, 0.4) is 0 Å². The molecule has 0 saturated heterocycles. The maximum Gasteiger partial charge on any atom is 0.343 e. The smallest absolute Gasteiger partial charge is 0.343 e. The average Bonchev–Trinajstić information content (AvgIpc) is 2.46. The quantitative estimate of drug-likeness (QED) is 0.703. The summed E-state index contributed by atoms with van der Waals surface area (Å²) in [6.45, 7) is 4.38. The molecular weight excluding hydrogens is 202 g/mol. The number of nitrogens with one attached hydrogen (secondary N) is 1. The molecule has 0 spiro atoms. The van der Waals surface area contributed by atoms with Gasteiger partial charge in [0.05, 0.1) is 6.10 Å². The molecule has 1 heterocycles. The first-order valence-corrected chi connectivity index (χ1v) is 5.59. The highest BCUT2D eigenvalue weighted by Crippen LogP contribution is 2.14. The molecule has 1 aromatic rings. The van der Waals surface area contributed by atoms with Gasteiger partial charge in [-0.05, 0) is 13.3 Å². The predicted octanol–water partition coefficient (Wildman–Crippen LogP) is 0.454. The van der Waals surface area contributed by atoms with E-state index in [0.29, 0.717) is 17.5 Å². The van der Waals surface area contributed by atoms with Crippen molar-refractivity contribution in [3.8, 4) is 0 Å². The Morgan fingerprint density at radius 3 is 3.00 bits per heavy atom. The van der Waals surface area contributed by atoms with Crippen molar-refractivity contribution in [2.45, 2.75) is 38.1 Å². The highest BCUT2D eigenvalue weighted by atomic mass is 32.2. The maximum atomic E-state index is 11.2. The Labute approximate surface area is 86.5 Å². The van der Waals surface area contributed by atoms with Crippen LogP contribution in [0, 0.1) is 0 Å². The molecule has 0 aliphatic carbocycles. The van der Waals surface area contributed by atoms with Crippen LogP contribution in [-0.4, -0.2) is 31.7 Å². The molecule has 0 aliphatic heterocycles. The minimum atomic E-state index is -0.387. The van der Waals surface area contributed by atoms with Crippen LogP contribution in [0.1, 0.15) is 20.3 Å². The normalized spacial score (nSPS) is 13.1. The van der Waals surface area contributed by atoms with Gasteiger partial charge in [0.1, 0.15) is 0 Å². The van der Waals surface area contributed by atoms with Gasteiger partial charge in [0.15, 0.2) is 5.16 Å². The van der Waals surface area contributed by atoms with Crippen molar-refractivity contribution in [2.24, 2.45) is 0 Å². The largest absolute Gasteiger partial charge is 0.393 e. The summed E-state index contributed by atoms with van der Waals surface area (Å²) in [5, 5.41) is 16.0. The van der Waals surface area contributed by atoms with Gasteiger partial charge in [-0.15, -0.1) is 5.10 Å². The lowest BCUT2D eigenvalue weighted by atomic mass is 10.5. The van der Waals surface area contributed by atoms with Crippen molar-refractivity contribution < 1.29 is 5.11 Å². The number of aromatic nitrogens is 3. The third-order valence-corrected chi connectivity index (χ3v) is 2.84. The van der Waals surface area contributed by atoms with E-state index in [2.05, 4.69) is 10.2 Å². The highest BCUT2D eigenvalue weighted by Gasteiger charge is 2.08. The fourth-order valence-electron chi connectivity index (χ4n) is 1.03. The second kappa shape index (κ2) is 5.21. The fraction of sp³-hybridized carbons (Fsp3) is 0.750. The average molecular weight is 217 g/mol. The van der Waals surface area contributed by atoms with Crippen LogP contribution < -0.4 is 5.69 Å². The Balaban J connectivity index is 2.70. The number of hydrogen-bond donors (Lipinski definition) is 2. The van der Waals surface area contributed by atoms with Gasteiger partial charge >= 0.3 is 5.69 Å². The maximum absolute atomic E-state index is 11.2. The van der Waals surface area contributed by atoms with Crippen LogP contribution in [0.4, 0.5) is 0 Å². The minimum absolute atomic E-state index is 0.181. The summed E-state index contributed by atoms with van der Waals surface area (Å²) in [5.41, 5.74) is -0.181. The SMILES string of the molecule is CCCn1c(SC[C@H](C)O)n[nH]c1=O. The number of nitrogens with zero attached hydrogens (tertiary/aromatic N) is 2. The molecule has 1 atom stereocenters. The van der Waals surface area contributed by atoms with Gasteiger partial charge in [-0.2, -0.15) is 0 Å². The molecule has 1 rings (SSSR count). The van der Waals surface area contributed by atoms with E-state index in [4.69, 9.17) is 5.11 Å². The van der Waals surface area contributed by atoms with Crippen molar-refractivity contribution in [3.63, 3.8) is 0 Å². The molecule has 0 saturated carbocycles. The molecule has 0 amide bonds. The Morgan fingerprint density at radius 2 is 2.43 bits per heavy atom.